The minimum atomic E-state index is -3.73. The van der Waals surface area contributed by atoms with E-state index in [9.17, 15) is 17.6 Å². The van der Waals surface area contributed by atoms with Gasteiger partial charge in [-0.05, 0) is 36.2 Å². The van der Waals surface area contributed by atoms with Crippen molar-refractivity contribution >= 4 is 10.2 Å². The van der Waals surface area contributed by atoms with Crippen molar-refractivity contribution in [2.45, 2.75) is 19.1 Å². The summed E-state index contributed by atoms with van der Waals surface area (Å²) in [4.78, 5) is 0. The highest BCUT2D eigenvalue weighted by Crippen LogP contribution is 2.34. The fourth-order valence-electron chi connectivity index (χ4n) is 2.56. The van der Waals surface area contributed by atoms with Crippen LogP contribution in [-0.4, -0.2) is 10.2 Å². The molecule has 3 rings (SSSR count). The maximum absolute atomic E-state index is 14.4. The molecule has 0 atom stereocenters. The normalized spacial score (nSPS) is 11.5. The van der Waals surface area contributed by atoms with Crippen molar-refractivity contribution < 1.29 is 22.3 Å². The van der Waals surface area contributed by atoms with Gasteiger partial charge in [-0.25, -0.2) is 8.78 Å². The maximum atomic E-state index is 14.4. The standard InChI is InChI=1S/C21H15F4OSi/c1-13-19(22)10-18(11-20(13)23)26-21(24,25)17-8-6-16(7-9-17)15-4-2-14(12-27)3-5-15/h2-11H,12H2,1H3. The first-order valence-corrected chi connectivity index (χ1v) is 8.88. The van der Waals surface area contributed by atoms with Gasteiger partial charge in [0.1, 0.15) is 17.4 Å². The summed E-state index contributed by atoms with van der Waals surface area (Å²) in [5.41, 5.74) is 2.09. The molecular formula is C21H15F4OSi. The van der Waals surface area contributed by atoms with Gasteiger partial charge in [0.05, 0.1) is 5.56 Å². The second kappa shape index (κ2) is 7.56. The van der Waals surface area contributed by atoms with Crippen molar-refractivity contribution in [3.63, 3.8) is 0 Å². The summed E-state index contributed by atoms with van der Waals surface area (Å²) >= 11 is 0. The predicted octanol–water partition coefficient (Wildman–Crippen LogP) is 5.74. The summed E-state index contributed by atoms with van der Waals surface area (Å²) in [7, 11) is 3.41. The van der Waals surface area contributed by atoms with Crippen molar-refractivity contribution in [1.29, 1.82) is 0 Å². The number of hydrogen-bond donors (Lipinski definition) is 0. The van der Waals surface area contributed by atoms with Crippen LogP contribution in [0.5, 0.6) is 5.75 Å². The molecule has 0 fully saturated rings. The van der Waals surface area contributed by atoms with Gasteiger partial charge in [-0.1, -0.05) is 42.0 Å². The molecule has 3 radical (unpaired) electrons. The number of hydrogen-bond acceptors (Lipinski definition) is 1. The minimum Gasteiger partial charge on any atom is -0.429 e. The van der Waals surface area contributed by atoms with Gasteiger partial charge in [-0.3, -0.25) is 0 Å². The molecule has 0 bridgehead atoms. The number of alkyl halides is 2. The van der Waals surface area contributed by atoms with E-state index in [0.717, 1.165) is 34.9 Å². The minimum absolute atomic E-state index is 0.249. The topological polar surface area (TPSA) is 9.23 Å². The van der Waals surface area contributed by atoms with E-state index in [1.165, 1.54) is 19.1 Å². The largest absolute Gasteiger partial charge is 0.429 e. The molecule has 0 saturated heterocycles. The zero-order valence-corrected chi connectivity index (χ0v) is 15.4. The third kappa shape index (κ3) is 4.22. The van der Waals surface area contributed by atoms with Gasteiger partial charge in [0.15, 0.2) is 0 Å². The molecule has 1 nitrogen and oxygen atoms in total. The SMILES string of the molecule is Cc1c(F)cc(OC(F)(F)c2ccc(-c3ccc(C[Si])cc3)cc2)cc1F. The van der Waals surface area contributed by atoms with Gasteiger partial charge in [-0.2, -0.15) is 8.78 Å². The number of halogens is 4. The first-order valence-electron chi connectivity index (χ1n) is 8.17. The van der Waals surface area contributed by atoms with Crippen LogP contribution >= 0.6 is 0 Å². The van der Waals surface area contributed by atoms with Crippen LogP contribution in [0.2, 0.25) is 0 Å². The Morgan fingerprint density at radius 3 is 1.81 bits per heavy atom. The fourth-order valence-corrected chi connectivity index (χ4v) is 2.80. The van der Waals surface area contributed by atoms with Crippen molar-refractivity contribution in [3.05, 3.63) is 89.0 Å². The number of rotatable bonds is 5. The highest BCUT2D eigenvalue weighted by Gasteiger charge is 2.35. The maximum Gasteiger partial charge on any atom is 0.426 e. The van der Waals surface area contributed by atoms with Crippen LogP contribution in [0.25, 0.3) is 11.1 Å². The summed E-state index contributed by atoms with van der Waals surface area (Å²) in [6.45, 7) is 1.22. The molecule has 3 aromatic rings. The molecule has 0 spiro atoms. The lowest BCUT2D eigenvalue weighted by Crippen LogP contribution is -2.22. The third-order valence-electron chi connectivity index (χ3n) is 4.21. The van der Waals surface area contributed by atoms with E-state index >= 15 is 0 Å². The molecule has 0 unspecified atom stereocenters. The lowest BCUT2D eigenvalue weighted by atomic mass is 10.0. The lowest BCUT2D eigenvalue weighted by molar-refractivity contribution is -0.185. The highest BCUT2D eigenvalue weighted by molar-refractivity contribution is 6.08. The Morgan fingerprint density at radius 1 is 0.852 bits per heavy atom. The van der Waals surface area contributed by atoms with Crippen LogP contribution in [0.4, 0.5) is 17.6 Å². The Kier molecular flexibility index (Phi) is 5.37. The summed E-state index contributed by atoms with van der Waals surface area (Å²) in [5, 5.41) is 0. The molecule has 0 aromatic heterocycles. The molecule has 0 N–H and O–H groups in total. The smallest absolute Gasteiger partial charge is 0.426 e. The fraction of sp³-hybridized carbons (Fsp3) is 0.143. The van der Waals surface area contributed by atoms with E-state index in [0.29, 0.717) is 0 Å². The Bertz CT molecular complexity index is 914. The van der Waals surface area contributed by atoms with Crippen LogP contribution in [0.15, 0.2) is 60.7 Å². The van der Waals surface area contributed by atoms with E-state index in [1.54, 1.807) is 12.1 Å². The number of benzene rings is 3. The lowest BCUT2D eigenvalue weighted by Gasteiger charge is -2.19. The second-order valence-corrected chi connectivity index (χ2v) is 6.44. The molecule has 137 valence electrons. The quantitative estimate of drug-likeness (QED) is 0.401. The first-order chi connectivity index (χ1) is 12.8. The molecule has 0 aliphatic carbocycles. The highest BCUT2D eigenvalue weighted by atomic mass is 28.1. The van der Waals surface area contributed by atoms with Crippen molar-refractivity contribution in [3.8, 4) is 16.9 Å². The zero-order chi connectivity index (χ0) is 19.6. The Balaban J connectivity index is 1.82. The van der Waals surface area contributed by atoms with Gasteiger partial charge in [-0.15, -0.1) is 0 Å². The summed E-state index contributed by atoms with van der Waals surface area (Å²) < 4.78 is 60.4. The van der Waals surface area contributed by atoms with Crippen LogP contribution < -0.4 is 4.74 Å². The molecule has 0 saturated carbocycles. The summed E-state index contributed by atoms with van der Waals surface area (Å²) in [6.07, 6.45) is -3.73. The molecule has 0 amide bonds. The zero-order valence-electron chi connectivity index (χ0n) is 14.4. The van der Waals surface area contributed by atoms with E-state index in [-0.39, 0.29) is 5.56 Å². The van der Waals surface area contributed by atoms with E-state index in [1.807, 2.05) is 24.3 Å². The van der Waals surface area contributed by atoms with Gasteiger partial charge in [0.25, 0.3) is 0 Å². The van der Waals surface area contributed by atoms with Gasteiger partial charge < -0.3 is 4.74 Å². The molecule has 27 heavy (non-hydrogen) atoms. The average Bonchev–Trinajstić information content (AvgIpc) is 2.66. The van der Waals surface area contributed by atoms with Crippen LogP contribution in [0.1, 0.15) is 16.7 Å². The van der Waals surface area contributed by atoms with Crippen LogP contribution in [-0.2, 0) is 12.2 Å². The number of ether oxygens (including phenoxy) is 1. The van der Waals surface area contributed by atoms with E-state index < -0.39 is 29.1 Å². The average molecular weight is 387 g/mol. The predicted molar refractivity (Wildman–Crippen MR) is 97.0 cm³/mol. The monoisotopic (exact) mass is 387 g/mol. The van der Waals surface area contributed by atoms with Crippen molar-refractivity contribution in [2.24, 2.45) is 0 Å². The first kappa shape index (κ1) is 19.2. The van der Waals surface area contributed by atoms with Crippen LogP contribution in [0.3, 0.4) is 0 Å². The Hall–Kier alpha value is -2.60. The van der Waals surface area contributed by atoms with E-state index in [4.69, 9.17) is 0 Å². The Labute approximate surface area is 158 Å². The molecule has 0 aliphatic rings. The third-order valence-corrected chi connectivity index (χ3v) is 4.62. The van der Waals surface area contributed by atoms with Crippen LogP contribution in [0, 0.1) is 18.6 Å². The summed E-state index contributed by atoms with van der Waals surface area (Å²) in [5.74, 6) is -2.46. The second-order valence-electron chi connectivity index (χ2n) is 6.08. The summed E-state index contributed by atoms with van der Waals surface area (Å²) in [6, 6.07) is 15.4. The van der Waals surface area contributed by atoms with Crippen molar-refractivity contribution in [2.75, 3.05) is 0 Å². The van der Waals surface area contributed by atoms with Crippen molar-refractivity contribution in [1.82, 2.24) is 0 Å². The Morgan fingerprint density at radius 2 is 1.33 bits per heavy atom. The van der Waals surface area contributed by atoms with Gasteiger partial charge >= 0.3 is 6.11 Å². The van der Waals surface area contributed by atoms with Gasteiger partial charge in [0, 0.05) is 27.9 Å². The van der Waals surface area contributed by atoms with E-state index in [2.05, 4.69) is 15.0 Å². The molecule has 0 heterocycles. The molecule has 0 aliphatic heterocycles. The molecular weight excluding hydrogens is 372 g/mol. The molecule has 6 heteroatoms. The molecule has 3 aromatic carbocycles. The van der Waals surface area contributed by atoms with Gasteiger partial charge in [0.2, 0.25) is 0 Å².